The Kier molecular flexibility index (Phi) is 2.50. The maximum absolute atomic E-state index is 12.8. The normalized spacial score (nSPS) is 10.5. The van der Waals surface area contributed by atoms with E-state index in [1.54, 1.807) is 0 Å². The van der Waals surface area contributed by atoms with Gasteiger partial charge in [0.1, 0.15) is 5.69 Å². The predicted molar refractivity (Wildman–Crippen MR) is 36.2 cm³/mol. The molecule has 0 radical (unpaired) electrons. The van der Waals surface area contributed by atoms with Crippen molar-refractivity contribution in [3.05, 3.63) is 23.3 Å². The number of rotatable bonds is 2. The molecule has 0 aliphatic heterocycles. The van der Waals surface area contributed by atoms with Crippen LogP contribution in [0.4, 0.5) is 13.2 Å². The molecule has 0 aliphatic carbocycles. The van der Waals surface area contributed by atoms with Gasteiger partial charge in [0, 0.05) is 6.20 Å². The number of carbonyl (C=O) groups excluding carboxylic acids is 1. The Morgan fingerprint density at radius 1 is 1.54 bits per heavy atom. The lowest BCUT2D eigenvalue weighted by Crippen LogP contribution is -1.97. The van der Waals surface area contributed by atoms with Crippen molar-refractivity contribution in [1.82, 2.24) is 4.98 Å². The van der Waals surface area contributed by atoms with Crippen molar-refractivity contribution in [3.8, 4) is 5.75 Å². The molecular formula is C7H4F3NO2. The van der Waals surface area contributed by atoms with Crippen molar-refractivity contribution in [1.29, 1.82) is 0 Å². The fraction of sp³-hybridized carbons (Fsp3) is 0.143. The highest BCUT2D eigenvalue weighted by Crippen LogP contribution is 2.27. The first-order chi connectivity index (χ1) is 6.07. The Morgan fingerprint density at radius 3 is 2.62 bits per heavy atom. The first kappa shape index (κ1) is 9.50. The van der Waals surface area contributed by atoms with Crippen molar-refractivity contribution >= 4 is 6.29 Å². The minimum absolute atomic E-state index is 0.0770. The first-order valence-corrected chi connectivity index (χ1v) is 3.18. The van der Waals surface area contributed by atoms with Crippen LogP contribution < -0.4 is 0 Å². The molecule has 13 heavy (non-hydrogen) atoms. The van der Waals surface area contributed by atoms with Crippen molar-refractivity contribution in [2.75, 3.05) is 0 Å². The van der Waals surface area contributed by atoms with E-state index in [1.165, 1.54) is 0 Å². The van der Waals surface area contributed by atoms with E-state index in [9.17, 15) is 18.0 Å². The molecule has 0 aromatic carbocycles. The standard InChI is InChI=1S/C7H4F3NO2/c8-5-3(7(9)10)1-11-4(2-12)6(5)13/h1-2,7,13H. The zero-order chi connectivity index (χ0) is 10.0. The van der Waals surface area contributed by atoms with E-state index in [-0.39, 0.29) is 6.29 Å². The van der Waals surface area contributed by atoms with E-state index in [1.807, 2.05) is 0 Å². The second-order valence-corrected chi connectivity index (χ2v) is 2.18. The Bertz CT molecular complexity index is 341. The van der Waals surface area contributed by atoms with Gasteiger partial charge < -0.3 is 5.11 Å². The van der Waals surface area contributed by atoms with Crippen molar-refractivity contribution in [2.45, 2.75) is 6.43 Å². The summed E-state index contributed by atoms with van der Waals surface area (Å²) < 4.78 is 36.7. The number of hydrogen-bond acceptors (Lipinski definition) is 3. The summed E-state index contributed by atoms with van der Waals surface area (Å²) in [5, 5.41) is 8.83. The molecule has 1 N–H and O–H groups in total. The maximum atomic E-state index is 12.8. The van der Waals surface area contributed by atoms with Gasteiger partial charge in [-0.05, 0) is 0 Å². The van der Waals surface area contributed by atoms with E-state index in [2.05, 4.69) is 4.98 Å². The number of aldehydes is 1. The quantitative estimate of drug-likeness (QED) is 0.723. The minimum Gasteiger partial charge on any atom is -0.503 e. The second-order valence-electron chi connectivity index (χ2n) is 2.18. The molecule has 0 saturated carbocycles. The fourth-order valence-corrected chi connectivity index (χ4v) is 0.744. The van der Waals surface area contributed by atoms with Crippen LogP contribution in [0.25, 0.3) is 0 Å². The van der Waals surface area contributed by atoms with Crippen LogP contribution in [0, 0.1) is 5.82 Å². The van der Waals surface area contributed by atoms with Crippen LogP contribution in [0.3, 0.4) is 0 Å². The molecule has 1 aromatic heterocycles. The van der Waals surface area contributed by atoms with Gasteiger partial charge in [-0.2, -0.15) is 0 Å². The molecule has 0 saturated heterocycles. The molecule has 3 nitrogen and oxygen atoms in total. The number of nitrogens with zero attached hydrogens (tertiary/aromatic N) is 1. The highest BCUT2D eigenvalue weighted by atomic mass is 19.3. The molecule has 0 unspecified atom stereocenters. The van der Waals surface area contributed by atoms with Gasteiger partial charge in [0.25, 0.3) is 6.43 Å². The fourth-order valence-electron chi connectivity index (χ4n) is 0.744. The summed E-state index contributed by atoms with van der Waals surface area (Å²) in [4.78, 5) is 13.2. The number of halogens is 3. The van der Waals surface area contributed by atoms with E-state index < -0.39 is 29.2 Å². The van der Waals surface area contributed by atoms with Gasteiger partial charge in [-0.3, -0.25) is 4.79 Å². The second kappa shape index (κ2) is 3.42. The highest BCUT2D eigenvalue weighted by molar-refractivity contribution is 5.76. The molecule has 1 rings (SSSR count). The summed E-state index contributed by atoms with van der Waals surface area (Å²) >= 11 is 0. The number of alkyl halides is 2. The van der Waals surface area contributed by atoms with Gasteiger partial charge in [0.05, 0.1) is 5.56 Å². The largest absolute Gasteiger partial charge is 0.503 e. The molecule has 0 atom stereocenters. The highest BCUT2D eigenvalue weighted by Gasteiger charge is 2.19. The number of carbonyl (C=O) groups is 1. The van der Waals surface area contributed by atoms with E-state index >= 15 is 0 Å². The van der Waals surface area contributed by atoms with Crippen LogP contribution in [0.2, 0.25) is 0 Å². The van der Waals surface area contributed by atoms with Gasteiger partial charge in [-0.1, -0.05) is 0 Å². The third-order valence-corrected chi connectivity index (χ3v) is 1.39. The number of aromatic hydroxyl groups is 1. The van der Waals surface area contributed by atoms with Crippen LogP contribution in [-0.2, 0) is 0 Å². The predicted octanol–water partition coefficient (Wildman–Crippen LogP) is 1.68. The number of aromatic nitrogens is 1. The van der Waals surface area contributed by atoms with Gasteiger partial charge in [0.15, 0.2) is 17.9 Å². The molecule has 6 heteroatoms. The smallest absolute Gasteiger partial charge is 0.268 e. The molecule has 0 fully saturated rings. The SMILES string of the molecule is O=Cc1ncc(C(F)F)c(F)c1O. The van der Waals surface area contributed by atoms with Crippen LogP contribution in [0.5, 0.6) is 5.75 Å². The van der Waals surface area contributed by atoms with Crippen LogP contribution in [0.15, 0.2) is 6.20 Å². The Hall–Kier alpha value is -1.59. The van der Waals surface area contributed by atoms with Crippen LogP contribution >= 0.6 is 0 Å². The zero-order valence-electron chi connectivity index (χ0n) is 6.17. The summed E-state index contributed by atoms with van der Waals surface area (Å²) in [6.07, 6.45) is -2.48. The summed E-state index contributed by atoms with van der Waals surface area (Å²) in [7, 11) is 0. The third-order valence-electron chi connectivity index (χ3n) is 1.39. The van der Waals surface area contributed by atoms with Gasteiger partial charge in [0.2, 0.25) is 0 Å². The monoisotopic (exact) mass is 191 g/mol. The molecule has 0 aliphatic rings. The third kappa shape index (κ3) is 1.61. The summed E-state index contributed by atoms with van der Waals surface area (Å²) in [6.45, 7) is 0. The average Bonchev–Trinajstić information content (AvgIpc) is 2.09. The zero-order valence-corrected chi connectivity index (χ0v) is 6.17. The average molecular weight is 191 g/mol. The lowest BCUT2D eigenvalue weighted by Gasteiger charge is -2.03. The van der Waals surface area contributed by atoms with Gasteiger partial charge >= 0.3 is 0 Å². The summed E-state index contributed by atoms with van der Waals surface area (Å²) in [6, 6.07) is 0. The number of pyridine rings is 1. The minimum atomic E-state index is -3.07. The van der Waals surface area contributed by atoms with Crippen molar-refractivity contribution in [2.24, 2.45) is 0 Å². The topological polar surface area (TPSA) is 50.2 Å². The molecular weight excluding hydrogens is 187 g/mol. The van der Waals surface area contributed by atoms with Crippen molar-refractivity contribution < 1.29 is 23.1 Å². The molecule has 0 bridgehead atoms. The van der Waals surface area contributed by atoms with Crippen LogP contribution in [0.1, 0.15) is 22.5 Å². The Labute approximate surface area is 70.8 Å². The molecule has 1 heterocycles. The van der Waals surface area contributed by atoms with E-state index in [4.69, 9.17) is 5.11 Å². The van der Waals surface area contributed by atoms with E-state index in [0.29, 0.717) is 6.20 Å². The maximum Gasteiger partial charge on any atom is 0.268 e. The summed E-state index contributed by atoms with van der Waals surface area (Å²) in [5.74, 6) is -2.65. The lowest BCUT2D eigenvalue weighted by atomic mass is 10.2. The Balaban J connectivity index is 3.31. The van der Waals surface area contributed by atoms with Crippen molar-refractivity contribution in [3.63, 3.8) is 0 Å². The Morgan fingerprint density at radius 2 is 2.15 bits per heavy atom. The first-order valence-electron chi connectivity index (χ1n) is 3.18. The molecule has 0 amide bonds. The van der Waals surface area contributed by atoms with Crippen LogP contribution in [-0.4, -0.2) is 16.4 Å². The molecule has 70 valence electrons. The van der Waals surface area contributed by atoms with E-state index in [0.717, 1.165) is 0 Å². The molecule has 0 spiro atoms. The lowest BCUT2D eigenvalue weighted by molar-refractivity contribution is 0.111. The molecule has 1 aromatic rings. The number of hydrogen-bond donors (Lipinski definition) is 1. The van der Waals surface area contributed by atoms with Gasteiger partial charge in [-0.25, -0.2) is 18.2 Å². The van der Waals surface area contributed by atoms with Gasteiger partial charge in [-0.15, -0.1) is 0 Å². The summed E-state index contributed by atoms with van der Waals surface area (Å²) in [5.41, 5.74) is -1.62.